The SMILES string of the molecule is NC(N)=NCc1nonc1C(=Nc1ccc(F)c(Cl)c1)NO. The summed E-state index contributed by atoms with van der Waals surface area (Å²) in [5.74, 6) is -0.824. The second-order valence-corrected chi connectivity index (χ2v) is 4.38. The molecule has 0 aliphatic carbocycles. The van der Waals surface area contributed by atoms with Crippen LogP contribution in [0.25, 0.3) is 0 Å². The Balaban J connectivity index is 2.35. The molecule has 0 spiro atoms. The van der Waals surface area contributed by atoms with Gasteiger partial charge >= 0.3 is 0 Å². The van der Waals surface area contributed by atoms with E-state index in [2.05, 4.69) is 24.9 Å². The van der Waals surface area contributed by atoms with Gasteiger partial charge in [0.1, 0.15) is 11.5 Å². The molecular weight excluding hydrogens is 317 g/mol. The first-order chi connectivity index (χ1) is 10.5. The molecule has 9 nitrogen and oxygen atoms in total. The number of nitrogens with two attached hydrogens (primary N) is 2. The van der Waals surface area contributed by atoms with Gasteiger partial charge in [-0.2, -0.15) is 0 Å². The summed E-state index contributed by atoms with van der Waals surface area (Å²) in [6.45, 7) is -0.0218. The highest BCUT2D eigenvalue weighted by Crippen LogP contribution is 2.22. The molecule has 2 rings (SSSR count). The quantitative estimate of drug-likeness (QED) is 0.367. The van der Waals surface area contributed by atoms with E-state index in [0.717, 1.165) is 6.07 Å². The number of halogens is 2. The van der Waals surface area contributed by atoms with Gasteiger partial charge in [0.15, 0.2) is 17.5 Å². The number of nitrogens with one attached hydrogen (secondary N) is 1. The van der Waals surface area contributed by atoms with Gasteiger partial charge in [0.25, 0.3) is 0 Å². The minimum absolute atomic E-state index is 0.0218. The first kappa shape index (κ1) is 15.7. The third-order valence-corrected chi connectivity index (χ3v) is 2.73. The molecule has 1 aromatic heterocycles. The Labute approximate surface area is 128 Å². The van der Waals surface area contributed by atoms with Crippen LogP contribution >= 0.6 is 11.6 Å². The molecule has 0 unspecified atom stereocenters. The van der Waals surface area contributed by atoms with Gasteiger partial charge in [-0.1, -0.05) is 16.8 Å². The number of nitrogens with zero attached hydrogens (tertiary/aromatic N) is 4. The summed E-state index contributed by atoms with van der Waals surface area (Å²) < 4.78 is 17.7. The van der Waals surface area contributed by atoms with E-state index in [4.69, 9.17) is 23.1 Å². The fourth-order valence-electron chi connectivity index (χ4n) is 1.47. The highest BCUT2D eigenvalue weighted by atomic mass is 35.5. The van der Waals surface area contributed by atoms with E-state index in [1.807, 2.05) is 5.48 Å². The van der Waals surface area contributed by atoms with E-state index in [1.54, 1.807) is 0 Å². The van der Waals surface area contributed by atoms with Crippen molar-refractivity contribution in [3.05, 3.63) is 40.4 Å². The summed E-state index contributed by atoms with van der Waals surface area (Å²) in [6, 6.07) is 3.77. The van der Waals surface area contributed by atoms with Crippen molar-refractivity contribution in [2.45, 2.75) is 6.54 Å². The highest BCUT2D eigenvalue weighted by Gasteiger charge is 2.16. The molecular formula is C11H11ClFN7O2. The van der Waals surface area contributed by atoms with Crippen molar-refractivity contribution in [1.82, 2.24) is 15.8 Å². The van der Waals surface area contributed by atoms with Crippen molar-refractivity contribution in [3.8, 4) is 0 Å². The van der Waals surface area contributed by atoms with Crippen LogP contribution in [-0.4, -0.2) is 27.3 Å². The maximum absolute atomic E-state index is 13.1. The summed E-state index contributed by atoms with van der Waals surface area (Å²) in [6.07, 6.45) is 0. The molecule has 0 saturated carbocycles. The molecule has 0 atom stereocenters. The Morgan fingerprint density at radius 3 is 2.82 bits per heavy atom. The summed E-state index contributed by atoms with van der Waals surface area (Å²) in [4.78, 5) is 7.79. The number of guanidine groups is 1. The van der Waals surface area contributed by atoms with Crippen LogP contribution in [-0.2, 0) is 6.54 Å². The number of aliphatic imine (C=N–C) groups is 2. The van der Waals surface area contributed by atoms with E-state index in [0.29, 0.717) is 0 Å². The lowest BCUT2D eigenvalue weighted by atomic mass is 10.3. The van der Waals surface area contributed by atoms with Crippen LogP contribution in [0, 0.1) is 5.82 Å². The lowest BCUT2D eigenvalue weighted by Gasteiger charge is -2.03. The molecule has 2 aromatic rings. The fourth-order valence-corrected chi connectivity index (χ4v) is 1.65. The summed E-state index contributed by atoms with van der Waals surface area (Å²) >= 11 is 5.66. The van der Waals surface area contributed by atoms with Crippen molar-refractivity contribution in [3.63, 3.8) is 0 Å². The number of hydrogen-bond donors (Lipinski definition) is 4. The predicted octanol–water partition coefficient (Wildman–Crippen LogP) is 0.693. The van der Waals surface area contributed by atoms with Crippen LogP contribution in [0.4, 0.5) is 10.1 Å². The van der Waals surface area contributed by atoms with Crippen molar-refractivity contribution in [1.29, 1.82) is 0 Å². The van der Waals surface area contributed by atoms with E-state index < -0.39 is 5.82 Å². The van der Waals surface area contributed by atoms with E-state index >= 15 is 0 Å². The second-order valence-electron chi connectivity index (χ2n) is 3.97. The lowest BCUT2D eigenvalue weighted by molar-refractivity contribution is 0.234. The molecule has 6 N–H and O–H groups in total. The molecule has 0 fully saturated rings. The van der Waals surface area contributed by atoms with Crippen molar-refractivity contribution in [2.75, 3.05) is 0 Å². The van der Waals surface area contributed by atoms with Crippen molar-refractivity contribution >= 4 is 29.1 Å². The maximum Gasteiger partial charge on any atom is 0.186 e. The Bertz CT molecular complexity index is 727. The fraction of sp³-hybridized carbons (Fsp3) is 0.0909. The summed E-state index contributed by atoms with van der Waals surface area (Å²) in [5, 5.41) is 16.3. The van der Waals surface area contributed by atoms with Crippen molar-refractivity contribution in [2.24, 2.45) is 21.5 Å². The predicted molar refractivity (Wildman–Crippen MR) is 76.3 cm³/mol. The second kappa shape index (κ2) is 6.83. The van der Waals surface area contributed by atoms with Gasteiger partial charge < -0.3 is 11.5 Å². The molecule has 11 heteroatoms. The monoisotopic (exact) mass is 327 g/mol. The van der Waals surface area contributed by atoms with Crippen LogP contribution < -0.4 is 16.9 Å². The molecule has 0 radical (unpaired) electrons. The van der Waals surface area contributed by atoms with Gasteiger partial charge in [-0.25, -0.2) is 19.0 Å². The van der Waals surface area contributed by atoms with Gasteiger partial charge in [0, 0.05) is 0 Å². The largest absolute Gasteiger partial charge is 0.370 e. The number of hydrogen-bond acceptors (Lipinski definition) is 6. The van der Waals surface area contributed by atoms with E-state index in [1.165, 1.54) is 12.1 Å². The summed E-state index contributed by atoms with van der Waals surface area (Å²) in [7, 11) is 0. The van der Waals surface area contributed by atoms with Gasteiger partial charge in [-0.3, -0.25) is 10.7 Å². The van der Waals surface area contributed by atoms with E-state index in [-0.39, 0.29) is 40.4 Å². The molecule has 0 aliphatic heterocycles. The first-order valence-corrected chi connectivity index (χ1v) is 6.20. The number of hydroxylamine groups is 1. The van der Waals surface area contributed by atoms with Crippen molar-refractivity contribution < 1.29 is 14.2 Å². The Kier molecular flexibility index (Phi) is 4.86. The maximum atomic E-state index is 13.1. The van der Waals surface area contributed by atoms with Gasteiger partial charge in [0.2, 0.25) is 0 Å². The molecule has 22 heavy (non-hydrogen) atoms. The third kappa shape index (κ3) is 3.68. The zero-order valence-electron chi connectivity index (χ0n) is 11.0. The number of amidine groups is 1. The van der Waals surface area contributed by atoms with Crippen LogP contribution in [0.15, 0.2) is 32.8 Å². The number of benzene rings is 1. The average Bonchev–Trinajstić information content (AvgIpc) is 2.94. The smallest absolute Gasteiger partial charge is 0.186 e. The van der Waals surface area contributed by atoms with Crippen LogP contribution in [0.2, 0.25) is 5.02 Å². The number of rotatable bonds is 4. The zero-order valence-corrected chi connectivity index (χ0v) is 11.8. The normalized spacial score (nSPS) is 11.3. The Morgan fingerprint density at radius 2 is 2.18 bits per heavy atom. The minimum Gasteiger partial charge on any atom is -0.370 e. The molecule has 1 aromatic carbocycles. The van der Waals surface area contributed by atoms with Gasteiger partial charge in [-0.15, -0.1) is 0 Å². The van der Waals surface area contributed by atoms with Crippen LogP contribution in [0.1, 0.15) is 11.4 Å². The Morgan fingerprint density at radius 1 is 1.41 bits per heavy atom. The highest BCUT2D eigenvalue weighted by molar-refractivity contribution is 6.31. The summed E-state index contributed by atoms with van der Waals surface area (Å²) in [5.41, 5.74) is 12.9. The van der Waals surface area contributed by atoms with Crippen LogP contribution in [0.5, 0.6) is 0 Å². The van der Waals surface area contributed by atoms with Crippen LogP contribution in [0.3, 0.4) is 0 Å². The number of aromatic nitrogens is 2. The standard InChI is InChI=1S/C11H11ClFN7O2/c12-6-3-5(1-2-7(6)13)17-10(18-21)9-8(19-22-20-9)4-16-11(14)15/h1-3,21H,4H2,(H,17,18)(H4,14,15,16). The lowest BCUT2D eigenvalue weighted by Crippen LogP contribution is -2.24. The minimum atomic E-state index is -0.587. The molecule has 0 amide bonds. The third-order valence-electron chi connectivity index (χ3n) is 2.44. The van der Waals surface area contributed by atoms with Gasteiger partial charge in [-0.05, 0) is 23.4 Å². The Hall–Kier alpha value is -2.72. The zero-order chi connectivity index (χ0) is 16.1. The molecule has 0 saturated heterocycles. The molecule has 1 heterocycles. The van der Waals surface area contributed by atoms with Gasteiger partial charge in [0.05, 0.1) is 17.3 Å². The molecule has 0 bridgehead atoms. The van der Waals surface area contributed by atoms with E-state index in [9.17, 15) is 9.60 Å². The first-order valence-electron chi connectivity index (χ1n) is 5.82. The average molecular weight is 328 g/mol. The molecule has 0 aliphatic rings. The topological polar surface area (TPSA) is 148 Å². The molecule has 116 valence electrons.